The topological polar surface area (TPSA) is 132 Å². The molecule has 1 aromatic heterocycles. The molecule has 1 aromatic carbocycles. The van der Waals surface area contributed by atoms with Crippen molar-refractivity contribution in [3.05, 3.63) is 58.5 Å². The first-order valence-corrected chi connectivity index (χ1v) is 9.26. The fourth-order valence-corrected chi connectivity index (χ4v) is 3.57. The van der Waals surface area contributed by atoms with Crippen LogP contribution in [0.15, 0.2) is 52.0 Å². The van der Waals surface area contributed by atoms with Crippen molar-refractivity contribution >= 4 is 21.6 Å². The van der Waals surface area contributed by atoms with Crippen molar-refractivity contribution in [2.24, 2.45) is 5.92 Å². The van der Waals surface area contributed by atoms with Gasteiger partial charge >= 0.3 is 0 Å². The third-order valence-corrected chi connectivity index (χ3v) is 5.03. The van der Waals surface area contributed by atoms with Gasteiger partial charge in [0.15, 0.2) is 0 Å². The van der Waals surface area contributed by atoms with Crippen molar-refractivity contribution in [2.75, 3.05) is 0 Å². The van der Waals surface area contributed by atoms with Crippen LogP contribution in [-0.4, -0.2) is 25.3 Å². The normalized spacial score (nSPS) is 12.7. The molecule has 2 aromatic rings. The molecule has 0 saturated heterocycles. The molecule has 0 unspecified atom stereocenters. The fraction of sp³-hybridized carbons (Fsp3) is 0.312. The molecule has 0 saturated carbocycles. The van der Waals surface area contributed by atoms with Gasteiger partial charge in [0.2, 0.25) is 15.9 Å². The van der Waals surface area contributed by atoms with E-state index in [1.807, 2.05) is 0 Å². The second-order valence-electron chi connectivity index (χ2n) is 5.89. The van der Waals surface area contributed by atoms with E-state index >= 15 is 0 Å². The van der Waals surface area contributed by atoms with Gasteiger partial charge in [0.05, 0.1) is 22.6 Å². The molecule has 0 aliphatic rings. The molecule has 0 bridgehead atoms. The summed E-state index contributed by atoms with van der Waals surface area (Å²) in [7, 11) is -4.12. The summed E-state index contributed by atoms with van der Waals surface area (Å²) in [4.78, 5) is 22.2. The lowest BCUT2D eigenvalue weighted by Crippen LogP contribution is -2.49. The Bertz CT molecular complexity index is 877. The lowest BCUT2D eigenvalue weighted by Gasteiger charge is -2.21. The molecule has 140 valence electrons. The molecule has 1 amide bonds. The van der Waals surface area contributed by atoms with Crippen molar-refractivity contribution in [3.63, 3.8) is 0 Å². The van der Waals surface area contributed by atoms with Crippen LogP contribution in [0.25, 0.3) is 0 Å². The van der Waals surface area contributed by atoms with Gasteiger partial charge in [-0.2, -0.15) is 4.72 Å². The highest BCUT2D eigenvalue weighted by molar-refractivity contribution is 7.89. The summed E-state index contributed by atoms with van der Waals surface area (Å²) in [6, 6.07) is 6.94. The lowest BCUT2D eigenvalue weighted by molar-refractivity contribution is -0.385. The van der Waals surface area contributed by atoms with Crippen molar-refractivity contribution < 1.29 is 22.6 Å². The minimum Gasteiger partial charge on any atom is -0.467 e. The Morgan fingerprint density at radius 2 is 2.00 bits per heavy atom. The third-order valence-electron chi connectivity index (χ3n) is 3.59. The summed E-state index contributed by atoms with van der Waals surface area (Å²) in [5.74, 6) is -0.340. The Morgan fingerprint density at radius 3 is 2.58 bits per heavy atom. The van der Waals surface area contributed by atoms with Crippen LogP contribution in [0, 0.1) is 16.0 Å². The Hall–Kier alpha value is -2.72. The highest BCUT2D eigenvalue weighted by atomic mass is 32.2. The van der Waals surface area contributed by atoms with E-state index in [1.165, 1.54) is 24.5 Å². The number of furan rings is 1. The van der Waals surface area contributed by atoms with Crippen molar-refractivity contribution in [3.8, 4) is 0 Å². The average molecular weight is 381 g/mol. The van der Waals surface area contributed by atoms with Crippen LogP contribution < -0.4 is 10.0 Å². The maximum atomic E-state index is 12.5. The van der Waals surface area contributed by atoms with Gasteiger partial charge in [0.1, 0.15) is 11.8 Å². The predicted octanol–water partition coefficient (Wildman–Crippen LogP) is 1.81. The third kappa shape index (κ3) is 4.90. The number of benzene rings is 1. The Kier molecular flexibility index (Phi) is 6.11. The minimum atomic E-state index is -4.12. The number of carbonyl (C=O) groups excluding carboxylic acids is 1. The van der Waals surface area contributed by atoms with Crippen molar-refractivity contribution in [1.29, 1.82) is 0 Å². The Labute approximate surface area is 150 Å². The second-order valence-corrected chi connectivity index (χ2v) is 7.61. The summed E-state index contributed by atoms with van der Waals surface area (Å²) >= 11 is 0. The zero-order valence-electron chi connectivity index (χ0n) is 14.2. The first-order chi connectivity index (χ1) is 12.2. The molecule has 2 N–H and O–H groups in total. The van der Waals surface area contributed by atoms with Gasteiger partial charge in [-0.3, -0.25) is 14.9 Å². The first kappa shape index (κ1) is 19.6. The highest BCUT2D eigenvalue weighted by Crippen LogP contribution is 2.18. The average Bonchev–Trinajstić information content (AvgIpc) is 3.11. The molecule has 0 fully saturated rings. The molecular formula is C16H19N3O6S. The number of nitrogens with one attached hydrogen (secondary N) is 2. The summed E-state index contributed by atoms with van der Waals surface area (Å²) in [5, 5.41) is 13.4. The predicted molar refractivity (Wildman–Crippen MR) is 92.6 cm³/mol. The molecule has 0 aliphatic heterocycles. The van der Waals surface area contributed by atoms with E-state index in [0.717, 1.165) is 6.07 Å². The van der Waals surface area contributed by atoms with Crippen LogP contribution in [0.2, 0.25) is 0 Å². The van der Waals surface area contributed by atoms with Crippen LogP contribution in [-0.2, 0) is 21.4 Å². The van der Waals surface area contributed by atoms with Gasteiger partial charge in [0.25, 0.3) is 5.69 Å². The number of nitrogens with zero attached hydrogens (tertiary/aromatic N) is 1. The maximum absolute atomic E-state index is 12.5. The van der Waals surface area contributed by atoms with E-state index < -0.39 is 26.9 Å². The van der Waals surface area contributed by atoms with Crippen molar-refractivity contribution in [2.45, 2.75) is 31.3 Å². The van der Waals surface area contributed by atoms with Gasteiger partial charge in [-0.05, 0) is 24.1 Å². The smallest absolute Gasteiger partial charge is 0.270 e. The second kappa shape index (κ2) is 8.11. The summed E-state index contributed by atoms with van der Waals surface area (Å²) in [5.41, 5.74) is -0.351. The van der Waals surface area contributed by atoms with E-state index in [-0.39, 0.29) is 23.0 Å². The zero-order valence-corrected chi connectivity index (χ0v) is 15.0. The lowest BCUT2D eigenvalue weighted by atomic mass is 10.1. The Balaban J connectivity index is 2.16. The number of amides is 1. The van der Waals surface area contributed by atoms with Gasteiger partial charge in [-0.25, -0.2) is 8.42 Å². The maximum Gasteiger partial charge on any atom is 0.270 e. The Morgan fingerprint density at radius 1 is 1.27 bits per heavy atom. The van der Waals surface area contributed by atoms with E-state index in [1.54, 1.807) is 26.0 Å². The number of non-ortho nitro benzene ring substituents is 1. The highest BCUT2D eigenvalue weighted by Gasteiger charge is 2.29. The number of hydrogen-bond donors (Lipinski definition) is 2. The van der Waals surface area contributed by atoms with E-state index in [0.29, 0.717) is 5.76 Å². The molecule has 10 heteroatoms. The van der Waals surface area contributed by atoms with E-state index in [9.17, 15) is 23.3 Å². The number of nitro benzene ring substituents is 1. The molecular weight excluding hydrogens is 362 g/mol. The van der Waals surface area contributed by atoms with Crippen LogP contribution in [0.5, 0.6) is 0 Å². The number of nitro groups is 1. The van der Waals surface area contributed by atoms with E-state index in [4.69, 9.17) is 4.42 Å². The molecule has 0 spiro atoms. The molecule has 2 rings (SSSR count). The van der Waals surface area contributed by atoms with Gasteiger partial charge in [-0.1, -0.05) is 19.9 Å². The zero-order chi connectivity index (χ0) is 19.3. The number of carbonyl (C=O) groups is 1. The van der Waals surface area contributed by atoms with Gasteiger partial charge in [-0.15, -0.1) is 0 Å². The molecule has 1 atom stereocenters. The molecule has 9 nitrogen and oxygen atoms in total. The monoisotopic (exact) mass is 381 g/mol. The summed E-state index contributed by atoms with van der Waals surface area (Å²) in [6.45, 7) is 3.49. The van der Waals surface area contributed by atoms with Crippen LogP contribution in [0.3, 0.4) is 0 Å². The standard InChI is InChI=1S/C16H19N3O6S/c1-11(2)15(16(20)17-10-13-6-4-8-25-13)18-26(23,24)14-7-3-5-12(9-14)19(21)22/h3-9,11,15,18H,10H2,1-2H3,(H,17,20)/t15-/m0/s1. The minimum absolute atomic E-state index is 0.119. The van der Waals surface area contributed by atoms with Crippen LogP contribution >= 0.6 is 0 Å². The summed E-state index contributed by atoms with van der Waals surface area (Å²) < 4.78 is 32.5. The molecule has 26 heavy (non-hydrogen) atoms. The number of rotatable bonds is 8. The van der Waals surface area contributed by atoms with Gasteiger partial charge < -0.3 is 9.73 Å². The SMILES string of the molecule is CC(C)[C@H](NS(=O)(=O)c1cccc([N+](=O)[O-])c1)C(=O)NCc1ccco1. The van der Waals surface area contributed by atoms with Crippen LogP contribution in [0.4, 0.5) is 5.69 Å². The van der Waals surface area contributed by atoms with Gasteiger partial charge in [0, 0.05) is 12.1 Å². The van der Waals surface area contributed by atoms with E-state index in [2.05, 4.69) is 10.0 Å². The molecule has 1 heterocycles. The fourth-order valence-electron chi connectivity index (χ4n) is 2.19. The molecule has 0 aliphatic carbocycles. The van der Waals surface area contributed by atoms with Crippen LogP contribution in [0.1, 0.15) is 19.6 Å². The number of hydrogen-bond acceptors (Lipinski definition) is 6. The largest absolute Gasteiger partial charge is 0.467 e. The number of sulfonamides is 1. The quantitative estimate of drug-likeness (QED) is 0.529. The molecule has 0 radical (unpaired) electrons. The van der Waals surface area contributed by atoms with Crippen molar-refractivity contribution in [1.82, 2.24) is 10.0 Å². The first-order valence-electron chi connectivity index (χ1n) is 7.77. The summed E-state index contributed by atoms with van der Waals surface area (Å²) in [6.07, 6.45) is 1.46.